The minimum Gasteiger partial charge on any atom is -0.491 e. The normalized spacial score (nSPS) is 17.5. The number of rotatable bonds is 8. The van der Waals surface area contributed by atoms with E-state index in [4.69, 9.17) is 16.2 Å². The number of pyridine rings is 1. The topological polar surface area (TPSA) is 91.2 Å². The summed E-state index contributed by atoms with van der Waals surface area (Å²) >= 11 is 0. The number of ether oxygens (including phenoxy) is 1. The molecule has 1 aliphatic carbocycles. The number of primary amides is 1. The molecule has 32 heavy (non-hydrogen) atoms. The van der Waals surface area contributed by atoms with Crippen molar-refractivity contribution in [2.45, 2.75) is 63.6 Å². The molecule has 5 nitrogen and oxygen atoms in total. The summed E-state index contributed by atoms with van der Waals surface area (Å²) in [7, 11) is 0. The third kappa shape index (κ3) is 5.06. The van der Waals surface area contributed by atoms with E-state index in [2.05, 4.69) is 4.98 Å². The molecule has 1 amide bonds. The van der Waals surface area contributed by atoms with Crippen LogP contribution in [0.3, 0.4) is 0 Å². The molecule has 0 bridgehead atoms. The molecule has 0 saturated heterocycles. The highest BCUT2D eigenvalue weighted by molar-refractivity contribution is 5.87. The summed E-state index contributed by atoms with van der Waals surface area (Å²) in [4.78, 5) is 16.3. The van der Waals surface area contributed by atoms with Crippen molar-refractivity contribution >= 4 is 5.91 Å². The Labute approximate surface area is 186 Å². The minimum atomic E-state index is -4.60. The van der Waals surface area contributed by atoms with E-state index in [0.29, 0.717) is 42.0 Å². The van der Waals surface area contributed by atoms with Crippen LogP contribution in [0.4, 0.5) is 13.2 Å². The van der Waals surface area contributed by atoms with E-state index >= 15 is 0 Å². The molecular weight excluding hydrogens is 419 g/mol. The fraction of sp³-hybridized carbons (Fsp3) is 0.500. The second-order valence-electron chi connectivity index (χ2n) is 9.48. The Morgan fingerprint density at radius 1 is 1.19 bits per heavy atom. The summed E-state index contributed by atoms with van der Waals surface area (Å²) in [5.74, 6) is -0.429. The first-order chi connectivity index (χ1) is 14.8. The van der Waals surface area contributed by atoms with Crippen LogP contribution in [-0.2, 0) is 16.4 Å². The fourth-order valence-corrected chi connectivity index (χ4v) is 4.32. The molecule has 0 aliphatic heterocycles. The van der Waals surface area contributed by atoms with Crippen molar-refractivity contribution in [3.05, 3.63) is 47.8 Å². The molecule has 0 spiro atoms. The summed E-state index contributed by atoms with van der Waals surface area (Å²) < 4.78 is 47.0. The van der Waals surface area contributed by atoms with E-state index in [1.54, 1.807) is 25.1 Å². The molecule has 174 valence electrons. The van der Waals surface area contributed by atoms with Crippen LogP contribution in [0.25, 0.3) is 11.1 Å². The largest absolute Gasteiger partial charge is 0.491 e. The van der Waals surface area contributed by atoms with Crippen LogP contribution in [0.1, 0.15) is 57.7 Å². The Morgan fingerprint density at radius 3 is 2.38 bits per heavy atom. The minimum absolute atomic E-state index is 0.0336. The molecule has 1 aromatic carbocycles. The van der Waals surface area contributed by atoms with E-state index in [1.165, 1.54) is 12.3 Å². The number of nitrogens with zero attached hydrogens (tertiary/aromatic N) is 1. The molecule has 1 atom stereocenters. The SMILES string of the molecule is CC(C)CC(C)(N)COc1ccc(-c2ccnc(C3(C(N)=O)CCC3)c2)cc1C(F)(F)F. The maximum Gasteiger partial charge on any atom is 0.419 e. The van der Waals surface area contributed by atoms with Crippen LogP contribution < -0.4 is 16.2 Å². The molecule has 2 aromatic rings. The van der Waals surface area contributed by atoms with E-state index in [0.717, 1.165) is 12.5 Å². The number of carbonyl (C=O) groups excluding carboxylic acids is 1. The maximum absolute atomic E-state index is 13.8. The quantitative estimate of drug-likeness (QED) is 0.605. The monoisotopic (exact) mass is 449 g/mol. The molecular formula is C24H30F3N3O2. The molecule has 0 radical (unpaired) electrons. The van der Waals surface area contributed by atoms with Crippen LogP contribution in [0, 0.1) is 5.92 Å². The lowest BCUT2D eigenvalue weighted by atomic mass is 9.65. The van der Waals surface area contributed by atoms with Crippen molar-refractivity contribution in [1.29, 1.82) is 0 Å². The molecule has 8 heteroatoms. The number of nitrogens with two attached hydrogens (primary N) is 2. The van der Waals surface area contributed by atoms with Crippen LogP contribution in [0.5, 0.6) is 5.75 Å². The second kappa shape index (κ2) is 8.73. The Kier molecular flexibility index (Phi) is 6.56. The molecule has 1 heterocycles. The Morgan fingerprint density at radius 2 is 1.84 bits per heavy atom. The molecule has 1 fully saturated rings. The third-order valence-corrected chi connectivity index (χ3v) is 5.98. The zero-order valence-corrected chi connectivity index (χ0v) is 18.6. The van der Waals surface area contributed by atoms with Crippen LogP contribution in [-0.4, -0.2) is 23.0 Å². The number of hydrogen-bond acceptors (Lipinski definition) is 4. The molecule has 4 N–H and O–H groups in total. The van der Waals surface area contributed by atoms with E-state index in [9.17, 15) is 18.0 Å². The zero-order chi connectivity index (χ0) is 23.7. The predicted octanol–water partition coefficient (Wildman–Crippen LogP) is 4.82. The van der Waals surface area contributed by atoms with Crippen molar-refractivity contribution in [2.75, 3.05) is 6.61 Å². The predicted molar refractivity (Wildman–Crippen MR) is 117 cm³/mol. The first-order valence-electron chi connectivity index (χ1n) is 10.7. The van der Waals surface area contributed by atoms with Gasteiger partial charge in [0.05, 0.1) is 16.7 Å². The Hall–Kier alpha value is -2.61. The standard InChI is InChI=1S/C24H30F3N3O2/c1-15(2)13-22(3,29)14-32-19-6-5-16(11-18(19)24(25,26)27)17-7-10-30-20(12-17)23(21(28)31)8-4-9-23/h5-7,10-12,15H,4,8-9,13-14,29H2,1-3H3,(H2,28,31). The Balaban J connectivity index is 1.93. The van der Waals surface area contributed by atoms with Gasteiger partial charge in [0.15, 0.2) is 0 Å². The molecule has 1 aromatic heterocycles. The van der Waals surface area contributed by atoms with Crippen LogP contribution >= 0.6 is 0 Å². The van der Waals surface area contributed by atoms with Crippen LogP contribution in [0.2, 0.25) is 0 Å². The lowest BCUT2D eigenvalue weighted by Gasteiger charge is -2.38. The smallest absolute Gasteiger partial charge is 0.419 e. The van der Waals surface area contributed by atoms with Gasteiger partial charge in [-0.15, -0.1) is 0 Å². The van der Waals surface area contributed by atoms with Gasteiger partial charge in [-0.2, -0.15) is 13.2 Å². The summed E-state index contributed by atoms with van der Waals surface area (Å²) in [6.45, 7) is 5.72. The highest BCUT2D eigenvalue weighted by Gasteiger charge is 2.45. The van der Waals surface area contributed by atoms with Gasteiger partial charge in [-0.1, -0.05) is 26.3 Å². The number of benzene rings is 1. The number of halogens is 3. The molecule has 1 saturated carbocycles. The first kappa shape index (κ1) is 24.0. The highest BCUT2D eigenvalue weighted by Crippen LogP contribution is 2.44. The second-order valence-corrected chi connectivity index (χ2v) is 9.48. The van der Waals surface area contributed by atoms with Crippen molar-refractivity contribution < 1.29 is 22.7 Å². The summed E-state index contributed by atoms with van der Waals surface area (Å²) in [6, 6.07) is 7.21. The van der Waals surface area contributed by atoms with Gasteiger partial charge < -0.3 is 16.2 Å². The van der Waals surface area contributed by atoms with Gasteiger partial charge in [0.2, 0.25) is 5.91 Å². The van der Waals surface area contributed by atoms with Gasteiger partial charge >= 0.3 is 6.18 Å². The fourth-order valence-electron chi connectivity index (χ4n) is 4.32. The molecule has 3 rings (SSSR count). The van der Waals surface area contributed by atoms with Gasteiger partial charge in [-0.3, -0.25) is 9.78 Å². The summed E-state index contributed by atoms with van der Waals surface area (Å²) in [5, 5.41) is 0. The lowest BCUT2D eigenvalue weighted by Crippen LogP contribution is -2.47. The molecule has 1 aliphatic rings. The van der Waals surface area contributed by atoms with E-state index in [1.807, 2.05) is 13.8 Å². The van der Waals surface area contributed by atoms with Gasteiger partial charge in [-0.05, 0) is 67.5 Å². The Bertz CT molecular complexity index is 983. The van der Waals surface area contributed by atoms with Gasteiger partial charge in [0.25, 0.3) is 0 Å². The van der Waals surface area contributed by atoms with Crippen molar-refractivity contribution in [2.24, 2.45) is 17.4 Å². The highest BCUT2D eigenvalue weighted by atomic mass is 19.4. The number of alkyl halides is 3. The molecule has 1 unspecified atom stereocenters. The van der Waals surface area contributed by atoms with Gasteiger partial charge in [0.1, 0.15) is 12.4 Å². The number of amides is 1. The van der Waals surface area contributed by atoms with E-state index < -0.39 is 28.6 Å². The number of aromatic nitrogens is 1. The number of carbonyl (C=O) groups is 1. The number of hydrogen-bond donors (Lipinski definition) is 2. The first-order valence-corrected chi connectivity index (χ1v) is 10.7. The van der Waals surface area contributed by atoms with Crippen molar-refractivity contribution in [3.8, 4) is 16.9 Å². The summed E-state index contributed by atoms with van der Waals surface area (Å²) in [6.07, 6.45) is -0.450. The maximum atomic E-state index is 13.8. The third-order valence-electron chi connectivity index (χ3n) is 5.98. The lowest BCUT2D eigenvalue weighted by molar-refractivity contribution is -0.139. The van der Waals surface area contributed by atoms with Crippen molar-refractivity contribution in [3.63, 3.8) is 0 Å². The zero-order valence-electron chi connectivity index (χ0n) is 18.6. The van der Waals surface area contributed by atoms with Crippen molar-refractivity contribution in [1.82, 2.24) is 4.98 Å². The van der Waals surface area contributed by atoms with Gasteiger partial charge in [-0.25, -0.2) is 0 Å². The van der Waals surface area contributed by atoms with E-state index in [-0.39, 0.29) is 12.4 Å². The van der Waals surface area contributed by atoms with Crippen LogP contribution in [0.15, 0.2) is 36.5 Å². The van der Waals surface area contributed by atoms with Gasteiger partial charge in [0, 0.05) is 11.7 Å². The summed E-state index contributed by atoms with van der Waals surface area (Å²) in [5.41, 5.74) is 10.7. The average molecular weight is 450 g/mol. The average Bonchev–Trinajstić information content (AvgIpc) is 2.63.